The molecule has 0 spiro atoms. The Morgan fingerprint density at radius 1 is 1.33 bits per heavy atom. The summed E-state index contributed by atoms with van der Waals surface area (Å²) in [6, 6.07) is 0. The van der Waals surface area contributed by atoms with Crippen LogP contribution in [0.5, 0.6) is 0 Å². The highest BCUT2D eigenvalue weighted by atomic mass is 16.3. The van der Waals surface area contributed by atoms with Gasteiger partial charge in [0.1, 0.15) is 5.78 Å². The number of ketones is 1. The van der Waals surface area contributed by atoms with Crippen LogP contribution in [0.3, 0.4) is 0 Å². The molecule has 0 unspecified atom stereocenters. The van der Waals surface area contributed by atoms with E-state index in [1.165, 1.54) is 0 Å². The molecule has 0 aliphatic heterocycles. The maximum Gasteiger partial charge on any atom is 0.140 e. The number of hydrogen-bond acceptors (Lipinski definition) is 2. The molecule has 0 aliphatic rings. The zero-order chi connectivity index (χ0) is 9.72. The maximum atomic E-state index is 11.4. The first-order chi connectivity index (χ1) is 5.50. The second-order valence-electron chi connectivity index (χ2n) is 3.70. The van der Waals surface area contributed by atoms with E-state index in [4.69, 9.17) is 0 Å². The van der Waals surface area contributed by atoms with Gasteiger partial charge < -0.3 is 5.11 Å². The third-order valence-electron chi connectivity index (χ3n) is 2.18. The van der Waals surface area contributed by atoms with Gasteiger partial charge >= 0.3 is 0 Å². The molecule has 0 aromatic rings. The lowest BCUT2D eigenvalue weighted by Crippen LogP contribution is -2.28. The molecule has 0 radical (unpaired) electrons. The topological polar surface area (TPSA) is 37.3 Å². The lowest BCUT2D eigenvalue weighted by atomic mass is 9.90. The first kappa shape index (κ1) is 11.6. The quantitative estimate of drug-likeness (QED) is 0.688. The van der Waals surface area contributed by atoms with Crippen LogP contribution in [0.15, 0.2) is 0 Å². The summed E-state index contributed by atoms with van der Waals surface area (Å²) in [5, 5.41) is 9.52. The van der Waals surface area contributed by atoms with Crippen molar-refractivity contribution in [3.05, 3.63) is 0 Å². The summed E-state index contributed by atoms with van der Waals surface area (Å²) in [5.41, 5.74) is 0. The monoisotopic (exact) mass is 172 g/mol. The average molecular weight is 172 g/mol. The van der Waals surface area contributed by atoms with Crippen LogP contribution in [-0.4, -0.2) is 17.0 Å². The van der Waals surface area contributed by atoms with Gasteiger partial charge in [-0.05, 0) is 6.42 Å². The van der Waals surface area contributed by atoms with Crippen molar-refractivity contribution in [2.24, 2.45) is 11.8 Å². The van der Waals surface area contributed by atoms with Gasteiger partial charge in [-0.15, -0.1) is 0 Å². The van der Waals surface area contributed by atoms with E-state index in [9.17, 15) is 9.90 Å². The van der Waals surface area contributed by atoms with E-state index < -0.39 is 6.10 Å². The van der Waals surface area contributed by atoms with Crippen LogP contribution >= 0.6 is 0 Å². The molecule has 0 aromatic carbocycles. The van der Waals surface area contributed by atoms with Crippen molar-refractivity contribution in [3.8, 4) is 0 Å². The SMILES string of the molecule is CCC[C@H](O)[C@H](C)C(=O)C(C)C. The Balaban J connectivity index is 4.00. The molecule has 12 heavy (non-hydrogen) atoms. The molecule has 2 nitrogen and oxygen atoms in total. The predicted molar refractivity (Wildman–Crippen MR) is 49.9 cm³/mol. The van der Waals surface area contributed by atoms with E-state index in [0.29, 0.717) is 0 Å². The first-order valence-electron chi connectivity index (χ1n) is 4.72. The summed E-state index contributed by atoms with van der Waals surface area (Å²) in [6.07, 6.45) is 1.20. The molecule has 0 saturated carbocycles. The smallest absolute Gasteiger partial charge is 0.140 e. The Morgan fingerprint density at radius 2 is 1.83 bits per heavy atom. The first-order valence-corrected chi connectivity index (χ1v) is 4.72. The Labute approximate surface area is 75.0 Å². The van der Waals surface area contributed by atoms with Gasteiger partial charge in [0, 0.05) is 11.8 Å². The van der Waals surface area contributed by atoms with Crippen molar-refractivity contribution >= 4 is 5.78 Å². The van der Waals surface area contributed by atoms with E-state index in [0.717, 1.165) is 12.8 Å². The number of hydrogen-bond donors (Lipinski definition) is 1. The average Bonchev–Trinajstić information content (AvgIpc) is 2.02. The van der Waals surface area contributed by atoms with Gasteiger partial charge in [-0.1, -0.05) is 34.1 Å². The van der Waals surface area contributed by atoms with Crippen LogP contribution in [0.4, 0.5) is 0 Å². The number of carbonyl (C=O) groups is 1. The summed E-state index contributed by atoms with van der Waals surface area (Å²) in [5.74, 6) is -0.00703. The zero-order valence-electron chi connectivity index (χ0n) is 8.50. The molecule has 0 heterocycles. The molecular formula is C10H20O2. The maximum absolute atomic E-state index is 11.4. The fourth-order valence-corrected chi connectivity index (χ4v) is 1.26. The number of Topliss-reactive ketones (excluding diaryl/α,β-unsaturated/α-hetero) is 1. The second-order valence-corrected chi connectivity index (χ2v) is 3.70. The number of rotatable bonds is 5. The van der Waals surface area contributed by atoms with Gasteiger partial charge in [0.25, 0.3) is 0 Å². The predicted octanol–water partition coefficient (Wildman–Crippen LogP) is 2.01. The Morgan fingerprint density at radius 3 is 2.17 bits per heavy atom. The summed E-state index contributed by atoms with van der Waals surface area (Å²) < 4.78 is 0. The summed E-state index contributed by atoms with van der Waals surface area (Å²) in [6.45, 7) is 7.56. The Hall–Kier alpha value is -0.370. The zero-order valence-corrected chi connectivity index (χ0v) is 8.50. The van der Waals surface area contributed by atoms with Gasteiger partial charge in [-0.2, -0.15) is 0 Å². The molecule has 0 saturated heterocycles. The minimum Gasteiger partial charge on any atom is -0.392 e. The van der Waals surface area contributed by atoms with E-state index >= 15 is 0 Å². The number of carbonyl (C=O) groups excluding carboxylic acids is 1. The van der Waals surface area contributed by atoms with Gasteiger partial charge in [-0.25, -0.2) is 0 Å². The van der Waals surface area contributed by atoms with Crippen molar-refractivity contribution in [1.29, 1.82) is 0 Å². The molecule has 0 aliphatic carbocycles. The fourth-order valence-electron chi connectivity index (χ4n) is 1.26. The van der Waals surface area contributed by atoms with Gasteiger partial charge in [0.2, 0.25) is 0 Å². The highest BCUT2D eigenvalue weighted by Crippen LogP contribution is 2.14. The van der Waals surface area contributed by atoms with E-state index in [2.05, 4.69) is 0 Å². The van der Waals surface area contributed by atoms with E-state index in [1.807, 2.05) is 27.7 Å². The minimum absolute atomic E-state index is 0.0338. The summed E-state index contributed by atoms with van der Waals surface area (Å²) in [4.78, 5) is 11.4. The van der Waals surface area contributed by atoms with Crippen molar-refractivity contribution in [1.82, 2.24) is 0 Å². The third kappa shape index (κ3) is 3.35. The molecule has 0 rings (SSSR count). The molecule has 72 valence electrons. The lowest BCUT2D eigenvalue weighted by molar-refractivity contribution is -0.128. The van der Waals surface area contributed by atoms with E-state index in [-0.39, 0.29) is 17.6 Å². The highest BCUT2D eigenvalue weighted by molar-refractivity contribution is 5.82. The highest BCUT2D eigenvalue weighted by Gasteiger charge is 2.22. The lowest BCUT2D eigenvalue weighted by Gasteiger charge is -2.18. The fraction of sp³-hybridized carbons (Fsp3) is 0.900. The van der Waals surface area contributed by atoms with Crippen molar-refractivity contribution in [2.75, 3.05) is 0 Å². The van der Waals surface area contributed by atoms with Crippen LogP contribution in [0.25, 0.3) is 0 Å². The molecule has 2 atom stereocenters. The standard InChI is InChI=1S/C10H20O2/c1-5-6-9(11)8(4)10(12)7(2)3/h7-9,11H,5-6H2,1-4H3/t8-,9-/m0/s1. The molecule has 1 N–H and O–H groups in total. The molecule has 0 amide bonds. The van der Waals surface area contributed by atoms with Crippen molar-refractivity contribution in [3.63, 3.8) is 0 Å². The summed E-state index contributed by atoms with van der Waals surface area (Å²) >= 11 is 0. The summed E-state index contributed by atoms with van der Waals surface area (Å²) in [7, 11) is 0. The minimum atomic E-state index is -0.454. The molecule has 2 heteroatoms. The molecule has 0 aromatic heterocycles. The largest absolute Gasteiger partial charge is 0.392 e. The number of aliphatic hydroxyl groups excluding tert-OH is 1. The van der Waals surface area contributed by atoms with Crippen LogP contribution in [0, 0.1) is 11.8 Å². The van der Waals surface area contributed by atoms with Crippen LogP contribution < -0.4 is 0 Å². The normalized spacial score (nSPS) is 16.2. The van der Waals surface area contributed by atoms with Crippen LogP contribution in [0.1, 0.15) is 40.5 Å². The van der Waals surface area contributed by atoms with Crippen molar-refractivity contribution in [2.45, 2.75) is 46.6 Å². The number of aliphatic hydroxyl groups is 1. The second kappa shape index (κ2) is 5.31. The molecule has 0 bridgehead atoms. The molecular weight excluding hydrogens is 152 g/mol. The Kier molecular flexibility index (Phi) is 5.14. The third-order valence-corrected chi connectivity index (χ3v) is 2.18. The van der Waals surface area contributed by atoms with Crippen molar-refractivity contribution < 1.29 is 9.90 Å². The van der Waals surface area contributed by atoms with E-state index in [1.54, 1.807) is 0 Å². The van der Waals surface area contributed by atoms with Crippen LogP contribution in [0.2, 0.25) is 0 Å². The Bertz CT molecular complexity index is 141. The van der Waals surface area contributed by atoms with Gasteiger partial charge in [-0.3, -0.25) is 4.79 Å². The van der Waals surface area contributed by atoms with Gasteiger partial charge in [0.15, 0.2) is 0 Å². The van der Waals surface area contributed by atoms with Crippen LogP contribution in [-0.2, 0) is 4.79 Å². The van der Waals surface area contributed by atoms with Gasteiger partial charge in [0.05, 0.1) is 6.10 Å². The molecule has 0 fully saturated rings.